The average molecular weight is 582 g/mol. The van der Waals surface area contributed by atoms with E-state index in [0.717, 1.165) is 5.56 Å². The number of aryl methyl sites for hydroxylation is 1. The molecule has 0 fully saturated rings. The Kier molecular flexibility index (Phi) is 9.91. The molecule has 13 heteroatoms. The van der Waals surface area contributed by atoms with E-state index in [0.29, 0.717) is 30.7 Å². The smallest absolute Gasteiger partial charge is 0.414 e. The van der Waals surface area contributed by atoms with Gasteiger partial charge >= 0.3 is 12.2 Å². The van der Waals surface area contributed by atoms with E-state index >= 15 is 0 Å². The molecular formula is C22H31BrF3N3O5Si. The number of alkyl halides is 3. The highest BCUT2D eigenvalue weighted by Gasteiger charge is 2.39. The molecule has 0 N–H and O–H groups in total. The van der Waals surface area contributed by atoms with Crippen LogP contribution in [0, 0.1) is 10.1 Å². The van der Waals surface area contributed by atoms with Crippen molar-refractivity contribution in [3.63, 3.8) is 0 Å². The van der Waals surface area contributed by atoms with Gasteiger partial charge in [-0.2, -0.15) is 0 Å². The Morgan fingerprint density at radius 1 is 1.17 bits per heavy atom. The molecule has 0 spiro atoms. The number of aromatic nitrogens is 2. The first-order valence-corrected chi connectivity index (χ1v) is 14.7. The number of hydrogen-bond donors (Lipinski definition) is 0. The second kappa shape index (κ2) is 11.8. The molecule has 0 aliphatic rings. The van der Waals surface area contributed by atoms with Gasteiger partial charge in [0, 0.05) is 35.2 Å². The number of nitrogens with zero attached hydrogens (tertiary/aromatic N) is 3. The monoisotopic (exact) mass is 581 g/mol. The first-order chi connectivity index (χ1) is 16.1. The van der Waals surface area contributed by atoms with Gasteiger partial charge in [0.25, 0.3) is 4.73 Å². The van der Waals surface area contributed by atoms with E-state index in [1.54, 1.807) is 4.57 Å². The summed E-state index contributed by atoms with van der Waals surface area (Å²) >= 11 is 3.26. The van der Waals surface area contributed by atoms with Gasteiger partial charge in [0.2, 0.25) is 0 Å². The van der Waals surface area contributed by atoms with Crippen molar-refractivity contribution in [2.75, 3.05) is 6.61 Å². The Labute approximate surface area is 212 Å². The van der Waals surface area contributed by atoms with Gasteiger partial charge in [0.05, 0.1) is 6.61 Å². The van der Waals surface area contributed by atoms with Crippen molar-refractivity contribution >= 4 is 30.1 Å². The maximum Gasteiger partial charge on any atom is 0.573 e. The van der Waals surface area contributed by atoms with E-state index in [1.165, 1.54) is 30.5 Å². The molecule has 0 saturated heterocycles. The van der Waals surface area contributed by atoms with Gasteiger partial charge in [-0.3, -0.25) is 4.57 Å². The van der Waals surface area contributed by atoms with Crippen LogP contribution >= 0.6 is 15.9 Å². The summed E-state index contributed by atoms with van der Waals surface area (Å²) in [5.74, 6) is -0.510. The Hall–Kier alpha value is -1.96. The normalized spacial score (nSPS) is 13.6. The average Bonchev–Trinajstić information content (AvgIpc) is 3.09. The van der Waals surface area contributed by atoms with Crippen molar-refractivity contribution in [1.29, 1.82) is 0 Å². The highest BCUT2D eigenvalue weighted by atomic mass is 79.9. The summed E-state index contributed by atoms with van der Waals surface area (Å²) in [6.45, 7) is 11.8. The molecule has 0 bridgehead atoms. The summed E-state index contributed by atoms with van der Waals surface area (Å²) in [4.78, 5) is 14.3. The molecule has 2 rings (SSSR count). The van der Waals surface area contributed by atoms with Crippen LogP contribution in [0.15, 0.2) is 35.2 Å². The Bertz CT molecular complexity index is 978. The second-order valence-electron chi connectivity index (χ2n) is 9.64. The molecule has 1 heterocycles. The van der Waals surface area contributed by atoms with Crippen molar-refractivity contribution < 1.29 is 32.0 Å². The second-order valence-corrected chi connectivity index (χ2v) is 15.1. The quantitative estimate of drug-likeness (QED) is 0.118. The summed E-state index contributed by atoms with van der Waals surface area (Å²) < 4.78 is 55.1. The van der Waals surface area contributed by atoms with Crippen LogP contribution in [-0.4, -0.2) is 41.9 Å². The van der Waals surface area contributed by atoms with Crippen molar-refractivity contribution in [2.45, 2.75) is 77.4 Å². The largest absolute Gasteiger partial charge is 0.573 e. The zero-order valence-electron chi connectivity index (χ0n) is 20.4. The fourth-order valence-electron chi connectivity index (χ4n) is 2.96. The Morgan fingerprint density at radius 2 is 1.80 bits per heavy atom. The van der Waals surface area contributed by atoms with Gasteiger partial charge in [-0.25, -0.2) is 0 Å². The summed E-state index contributed by atoms with van der Waals surface area (Å²) in [7, 11) is -2.09. The number of benzene rings is 1. The maximum absolute atomic E-state index is 12.3. The molecule has 2 aromatic rings. The van der Waals surface area contributed by atoms with Crippen molar-refractivity contribution in [1.82, 2.24) is 9.55 Å². The minimum atomic E-state index is -4.73. The lowest BCUT2D eigenvalue weighted by atomic mass is 10.2. The topological polar surface area (TPSA) is 88.7 Å². The zero-order chi connectivity index (χ0) is 26.4. The summed E-state index contributed by atoms with van der Waals surface area (Å²) in [6.07, 6.45) is -2.29. The number of imidazole rings is 1. The predicted octanol–water partition coefficient (Wildman–Crippen LogP) is 6.84. The minimum Gasteiger partial charge on any atom is -0.414 e. The SMILES string of the molecule is CC(C)(C)[Si](C)(C)OC(CCOCc1ccc(OC(F)(F)F)cc1)CCn1cc([N+](=O)[O-])nc1Br. The highest BCUT2D eigenvalue weighted by Crippen LogP contribution is 2.38. The van der Waals surface area contributed by atoms with Gasteiger partial charge in [-0.15, -0.1) is 13.2 Å². The van der Waals surface area contributed by atoms with Crippen molar-refractivity contribution in [2.24, 2.45) is 0 Å². The Morgan fingerprint density at radius 3 is 2.31 bits per heavy atom. The molecule has 0 aliphatic heterocycles. The molecule has 8 nitrogen and oxygen atoms in total. The summed E-state index contributed by atoms with van der Waals surface area (Å²) in [6, 6.07) is 5.54. The number of hydrogen-bond acceptors (Lipinski definition) is 6. The lowest BCUT2D eigenvalue weighted by molar-refractivity contribution is -0.389. The van der Waals surface area contributed by atoms with Crippen LogP contribution in [0.4, 0.5) is 19.0 Å². The van der Waals surface area contributed by atoms with E-state index in [9.17, 15) is 23.3 Å². The standard InChI is InChI=1S/C22H31BrF3N3O5Si/c1-21(2,3)35(4,5)34-18(10-12-28-14-19(29(30)31)27-20(28)23)11-13-32-15-16-6-8-17(9-7-16)33-22(24,25)26/h6-9,14,18H,10-13,15H2,1-5H3. The molecule has 1 atom stereocenters. The van der Waals surface area contributed by atoms with Crippen molar-refractivity contribution in [3.05, 3.63) is 50.9 Å². The lowest BCUT2D eigenvalue weighted by Gasteiger charge is -2.39. The number of halogens is 4. The third kappa shape index (κ3) is 9.54. The lowest BCUT2D eigenvalue weighted by Crippen LogP contribution is -2.44. The first kappa shape index (κ1) is 29.3. The molecule has 1 aromatic carbocycles. The number of nitro groups is 1. The van der Waals surface area contributed by atoms with Gasteiger partial charge in [-0.05, 0) is 58.6 Å². The van der Waals surface area contributed by atoms with Crippen LogP contribution < -0.4 is 4.74 Å². The molecule has 1 unspecified atom stereocenters. The molecule has 35 heavy (non-hydrogen) atoms. The van der Waals surface area contributed by atoms with E-state index in [1.807, 2.05) is 0 Å². The fourth-order valence-corrected chi connectivity index (χ4v) is 4.84. The van der Waals surface area contributed by atoms with Crippen LogP contribution in [0.2, 0.25) is 18.1 Å². The van der Waals surface area contributed by atoms with Gasteiger partial charge in [0.15, 0.2) is 8.32 Å². The molecule has 0 amide bonds. The van der Waals surface area contributed by atoms with E-state index in [4.69, 9.17) is 9.16 Å². The molecular weight excluding hydrogens is 551 g/mol. The summed E-state index contributed by atoms with van der Waals surface area (Å²) in [5.41, 5.74) is 0.719. The van der Waals surface area contributed by atoms with Gasteiger partial charge in [0.1, 0.15) is 11.9 Å². The fraction of sp³-hybridized carbons (Fsp3) is 0.591. The third-order valence-corrected chi connectivity index (χ3v) is 11.0. The van der Waals surface area contributed by atoms with Crippen LogP contribution in [-0.2, 0) is 22.3 Å². The zero-order valence-corrected chi connectivity index (χ0v) is 23.0. The number of ether oxygens (including phenoxy) is 2. The van der Waals surface area contributed by atoms with E-state index < -0.39 is 19.6 Å². The van der Waals surface area contributed by atoms with Crippen molar-refractivity contribution in [3.8, 4) is 5.75 Å². The molecule has 1 aromatic heterocycles. The predicted molar refractivity (Wildman–Crippen MR) is 131 cm³/mol. The summed E-state index contributed by atoms with van der Waals surface area (Å²) in [5, 5.41) is 11.0. The van der Waals surface area contributed by atoms with Gasteiger partial charge < -0.3 is 24.0 Å². The van der Waals surface area contributed by atoms with Crippen LogP contribution in [0.25, 0.3) is 0 Å². The van der Waals surface area contributed by atoms with Crippen LogP contribution in [0.1, 0.15) is 39.2 Å². The number of rotatable bonds is 12. The molecule has 196 valence electrons. The highest BCUT2D eigenvalue weighted by molar-refractivity contribution is 9.10. The molecule has 0 aliphatic carbocycles. The maximum atomic E-state index is 12.3. The van der Waals surface area contributed by atoms with Crippen LogP contribution in [0.5, 0.6) is 5.75 Å². The van der Waals surface area contributed by atoms with Crippen LogP contribution in [0.3, 0.4) is 0 Å². The van der Waals surface area contributed by atoms with E-state index in [2.05, 4.69) is 59.5 Å². The van der Waals surface area contributed by atoms with Gasteiger partial charge in [-0.1, -0.05) is 32.9 Å². The van der Waals surface area contributed by atoms with E-state index in [-0.39, 0.29) is 29.3 Å². The third-order valence-electron chi connectivity index (χ3n) is 5.87. The molecule has 0 radical (unpaired) electrons. The Balaban J connectivity index is 1.96. The molecule has 0 saturated carbocycles. The first-order valence-electron chi connectivity index (χ1n) is 11.0. The minimum absolute atomic E-state index is 0.000708.